The van der Waals surface area contributed by atoms with Crippen molar-refractivity contribution >= 4 is 32.1 Å². The van der Waals surface area contributed by atoms with E-state index >= 15 is 0 Å². The summed E-state index contributed by atoms with van der Waals surface area (Å²) in [5.74, 6) is 0. The number of aryl methyl sites for hydroxylation is 1. The molecule has 0 fully saturated rings. The molecule has 0 saturated heterocycles. The normalized spacial score (nSPS) is 13.4. The third-order valence-corrected chi connectivity index (χ3v) is 4.69. The van der Waals surface area contributed by atoms with Gasteiger partial charge >= 0.3 is 0 Å². The third-order valence-electron chi connectivity index (χ3n) is 2.52. The zero-order valence-corrected chi connectivity index (χ0v) is 10.4. The average Bonchev–Trinajstić information content (AvgIpc) is 2.89. The Labute approximate surface area is 101 Å². The standard InChI is InChI=1S/C11H11N3S2/c1-14-4-2-7(13-14)11(12)10-6-9-8(16-10)3-5-15-9/h2-6,11H,12H2,1H3. The minimum atomic E-state index is -0.106. The number of rotatable bonds is 2. The summed E-state index contributed by atoms with van der Waals surface area (Å²) in [5, 5.41) is 6.45. The zero-order valence-electron chi connectivity index (χ0n) is 8.75. The molecule has 3 rings (SSSR count). The van der Waals surface area contributed by atoms with E-state index in [0.29, 0.717) is 0 Å². The van der Waals surface area contributed by atoms with Crippen molar-refractivity contribution in [1.82, 2.24) is 9.78 Å². The molecule has 82 valence electrons. The van der Waals surface area contributed by atoms with E-state index in [0.717, 1.165) is 5.69 Å². The highest BCUT2D eigenvalue weighted by Crippen LogP contribution is 2.34. The van der Waals surface area contributed by atoms with Crippen LogP contribution in [0.5, 0.6) is 0 Å². The summed E-state index contributed by atoms with van der Waals surface area (Å²) in [6, 6.07) is 6.17. The first kappa shape index (κ1) is 10.0. The minimum Gasteiger partial charge on any atom is -0.318 e. The van der Waals surface area contributed by atoms with E-state index in [-0.39, 0.29) is 6.04 Å². The van der Waals surface area contributed by atoms with Crippen molar-refractivity contribution in [3.8, 4) is 0 Å². The van der Waals surface area contributed by atoms with Crippen molar-refractivity contribution in [3.05, 3.63) is 40.3 Å². The third kappa shape index (κ3) is 1.57. The van der Waals surface area contributed by atoms with E-state index in [2.05, 4.69) is 22.6 Å². The summed E-state index contributed by atoms with van der Waals surface area (Å²) in [6.07, 6.45) is 1.92. The lowest BCUT2D eigenvalue weighted by Crippen LogP contribution is -2.11. The van der Waals surface area contributed by atoms with E-state index in [1.165, 1.54) is 14.3 Å². The fourth-order valence-electron chi connectivity index (χ4n) is 1.68. The SMILES string of the molecule is Cn1ccc(C(N)c2cc3sccc3s2)n1. The Balaban J connectivity index is 2.00. The smallest absolute Gasteiger partial charge is 0.0845 e. The summed E-state index contributed by atoms with van der Waals surface area (Å²) < 4.78 is 4.41. The van der Waals surface area contributed by atoms with Crippen LogP contribution in [-0.4, -0.2) is 9.78 Å². The quantitative estimate of drug-likeness (QED) is 0.759. The van der Waals surface area contributed by atoms with E-state index in [4.69, 9.17) is 5.73 Å². The first-order valence-electron chi connectivity index (χ1n) is 4.96. The molecule has 16 heavy (non-hydrogen) atoms. The van der Waals surface area contributed by atoms with Gasteiger partial charge in [-0.2, -0.15) is 5.10 Å². The molecule has 0 aromatic carbocycles. The monoisotopic (exact) mass is 249 g/mol. The number of nitrogens with zero attached hydrogens (tertiary/aromatic N) is 2. The lowest BCUT2D eigenvalue weighted by molar-refractivity contribution is 0.720. The molecule has 5 heteroatoms. The lowest BCUT2D eigenvalue weighted by Gasteiger charge is -2.04. The van der Waals surface area contributed by atoms with Crippen LogP contribution in [0.3, 0.4) is 0 Å². The Morgan fingerprint density at radius 1 is 1.38 bits per heavy atom. The maximum absolute atomic E-state index is 6.19. The summed E-state index contributed by atoms with van der Waals surface area (Å²) in [7, 11) is 1.91. The topological polar surface area (TPSA) is 43.8 Å². The summed E-state index contributed by atoms with van der Waals surface area (Å²) in [5.41, 5.74) is 7.12. The Kier molecular flexibility index (Phi) is 2.31. The first-order chi connectivity index (χ1) is 7.74. The second kappa shape index (κ2) is 3.69. The van der Waals surface area contributed by atoms with E-state index < -0.39 is 0 Å². The van der Waals surface area contributed by atoms with Crippen LogP contribution in [0.4, 0.5) is 0 Å². The van der Waals surface area contributed by atoms with Crippen molar-refractivity contribution < 1.29 is 0 Å². The van der Waals surface area contributed by atoms with E-state index in [1.54, 1.807) is 27.4 Å². The van der Waals surface area contributed by atoms with Gasteiger partial charge in [0.25, 0.3) is 0 Å². The molecule has 0 saturated carbocycles. The fraction of sp³-hybridized carbons (Fsp3) is 0.182. The first-order valence-corrected chi connectivity index (χ1v) is 6.66. The second-order valence-electron chi connectivity index (χ2n) is 3.69. The molecule has 0 bridgehead atoms. The van der Waals surface area contributed by atoms with E-state index in [9.17, 15) is 0 Å². The van der Waals surface area contributed by atoms with Crippen molar-refractivity contribution in [2.45, 2.75) is 6.04 Å². The van der Waals surface area contributed by atoms with E-state index in [1.807, 2.05) is 19.3 Å². The Morgan fingerprint density at radius 3 is 2.94 bits per heavy atom. The Bertz CT molecular complexity index is 591. The van der Waals surface area contributed by atoms with Gasteiger partial charge in [0, 0.05) is 27.5 Å². The second-order valence-corrected chi connectivity index (χ2v) is 5.75. The number of thiophene rings is 2. The number of aromatic nitrogens is 2. The van der Waals surface area contributed by atoms with Gasteiger partial charge in [0.1, 0.15) is 0 Å². The van der Waals surface area contributed by atoms with Crippen molar-refractivity contribution in [1.29, 1.82) is 0 Å². The largest absolute Gasteiger partial charge is 0.318 e. The van der Waals surface area contributed by atoms with Crippen LogP contribution in [0, 0.1) is 0 Å². The van der Waals surface area contributed by atoms with Gasteiger partial charge < -0.3 is 5.73 Å². The number of nitrogens with two attached hydrogens (primary N) is 1. The fourth-order valence-corrected chi connectivity index (χ4v) is 3.82. The van der Waals surface area contributed by atoms with Crippen LogP contribution in [0.2, 0.25) is 0 Å². The predicted molar refractivity (Wildman–Crippen MR) is 68.9 cm³/mol. The van der Waals surface area contributed by atoms with Crippen molar-refractivity contribution in [2.75, 3.05) is 0 Å². The van der Waals surface area contributed by atoms with Gasteiger partial charge in [0.05, 0.1) is 11.7 Å². The molecule has 3 aromatic rings. The highest BCUT2D eigenvalue weighted by Gasteiger charge is 2.14. The molecule has 0 radical (unpaired) electrons. The van der Waals surface area contributed by atoms with Crippen LogP contribution in [0.1, 0.15) is 16.6 Å². The molecule has 0 amide bonds. The number of hydrogen-bond donors (Lipinski definition) is 1. The van der Waals surface area contributed by atoms with Gasteiger partial charge in [-0.05, 0) is 23.6 Å². The molecule has 3 nitrogen and oxygen atoms in total. The molecule has 3 aromatic heterocycles. The van der Waals surface area contributed by atoms with Gasteiger partial charge in [-0.3, -0.25) is 4.68 Å². The molecule has 0 aliphatic rings. The van der Waals surface area contributed by atoms with Crippen molar-refractivity contribution in [3.63, 3.8) is 0 Å². The van der Waals surface area contributed by atoms with Crippen LogP contribution in [-0.2, 0) is 7.05 Å². The minimum absolute atomic E-state index is 0.106. The number of fused-ring (bicyclic) bond motifs is 1. The maximum atomic E-state index is 6.19. The van der Waals surface area contributed by atoms with Gasteiger partial charge in [0.2, 0.25) is 0 Å². The summed E-state index contributed by atoms with van der Waals surface area (Å²) in [4.78, 5) is 1.18. The maximum Gasteiger partial charge on any atom is 0.0845 e. The van der Waals surface area contributed by atoms with Crippen LogP contribution < -0.4 is 5.73 Å². The Morgan fingerprint density at radius 2 is 2.25 bits per heavy atom. The molecule has 1 atom stereocenters. The average molecular weight is 249 g/mol. The van der Waals surface area contributed by atoms with Gasteiger partial charge in [-0.1, -0.05) is 0 Å². The molecule has 3 heterocycles. The lowest BCUT2D eigenvalue weighted by atomic mass is 10.2. The highest BCUT2D eigenvalue weighted by atomic mass is 32.1. The summed E-state index contributed by atoms with van der Waals surface area (Å²) in [6.45, 7) is 0. The Hall–Kier alpha value is -1.17. The van der Waals surface area contributed by atoms with Gasteiger partial charge in [0.15, 0.2) is 0 Å². The zero-order chi connectivity index (χ0) is 11.1. The molecule has 0 aliphatic heterocycles. The molecule has 0 spiro atoms. The van der Waals surface area contributed by atoms with Gasteiger partial charge in [-0.15, -0.1) is 22.7 Å². The van der Waals surface area contributed by atoms with Crippen LogP contribution in [0.25, 0.3) is 9.40 Å². The van der Waals surface area contributed by atoms with Crippen molar-refractivity contribution in [2.24, 2.45) is 12.8 Å². The number of hydrogen-bond acceptors (Lipinski definition) is 4. The molecular weight excluding hydrogens is 238 g/mol. The highest BCUT2D eigenvalue weighted by molar-refractivity contribution is 7.26. The molecule has 2 N–H and O–H groups in total. The molecule has 1 unspecified atom stereocenters. The van der Waals surface area contributed by atoms with Gasteiger partial charge in [-0.25, -0.2) is 0 Å². The summed E-state index contributed by atoms with van der Waals surface area (Å²) >= 11 is 3.51. The van der Waals surface area contributed by atoms with Crippen LogP contribution in [0.15, 0.2) is 29.8 Å². The molecular formula is C11H11N3S2. The predicted octanol–water partition coefficient (Wildman–Crippen LogP) is 2.74. The molecule has 0 aliphatic carbocycles. The van der Waals surface area contributed by atoms with Crippen LogP contribution >= 0.6 is 22.7 Å².